The number of halogens is 3. The van der Waals surface area contributed by atoms with Crippen molar-refractivity contribution in [1.82, 2.24) is 4.98 Å². The van der Waals surface area contributed by atoms with Crippen LogP contribution in [0.2, 0.25) is 0 Å². The fourth-order valence-electron chi connectivity index (χ4n) is 5.18. The minimum absolute atomic E-state index is 0.0257. The number of hydrogen-bond acceptors (Lipinski definition) is 7. The van der Waals surface area contributed by atoms with Crippen LogP contribution in [0.3, 0.4) is 0 Å². The number of ketones is 1. The van der Waals surface area contributed by atoms with Crippen LogP contribution in [0, 0.1) is 11.8 Å². The van der Waals surface area contributed by atoms with Crippen LogP contribution in [0.1, 0.15) is 27.7 Å². The second kappa shape index (κ2) is 8.37. The number of imide groups is 1. The molecule has 0 bridgehead atoms. The third-order valence-corrected chi connectivity index (χ3v) is 6.73. The first kappa shape index (κ1) is 23.6. The molecule has 3 aromatic rings. The Morgan fingerprint density at radius 2 is 1.55 bits per heavy atom. The molecule has 6 rings (SSSR count). The topological polar surface area (TPSA) is 109 Å². The summed E-state index contributed by atoms with van der Waals surface area (Å²) in [6.45, 7) is 0. The molecule has 38 heavy (non-hydrogen) atoms. The van der Waals surface area contributed by atoms with Crippen molar-refractivity contribution in [3.8, 4) is 5.75 Å². The Bertz CT molecular complexity index is 1560. The number of allylic oxidation sites excluding steroid dienone is 1. The van der Waals surface area contributed by atoms with Gasteiger partial charge in [-0.2, -0.15) is 0 Å². The highest BCUT2D eigenvalue weighted by Crippen LogP contribution is 2.49. The summed E-state index contributed by atoms with van der Waals surface area (Å²) in [7, 11) is 0. The zero-order chi connectivity index (χ0) is 26.8. The van der Waals surface area contributed by atoms with E-state index in [2.05, 4.69) is 14.7 Å². The fraction of sp³-hybridized carbons (Fsp3) is 0.148. The van der Waals surface area contributed by atoms with Gasteiger partial charge < -0.3 is 9.84 Å². The van der Waals surface area contributed by atoms with Crippen LogP contribution in [0.15, 0.2) is 83.5 Å². The van der Waals surface area contributed by atoms with Crippen LogP contribution in [0.4, 0.5) is 18.9 Å². The summed E-state index contributed by atoms with van der Waals surface area (Å²) in [4.78, 5) is 50.4. The first-order chi connectivity index (χ1) is 18.2. The first-order valence-corrected chi connectivity index (χ1v) is 11.5. The third kappa shape index (κ3) is 3.58. The zero-order valence-corrected chi connectivity index (χ0v) is 19.2. The number of ether oxygens (including phenoxy) is 1. The van der Waals surface area contributed by atoms with Crippen molar-refractivity contribution in [3.63, 3.8) is 0 Å². The number of carbonyl (C=O) groups excluding carboxylic acids is 3. The predicted octanol–water partition coefficient (Wildman–Crippen LogP) is 4.45. The quantitative estimate of drug-likeness (QED) is 0.511. The maximum Gasteiger partial charge on any atom is 0.573 e. The van der Waals surface area contributed by atoms with E-state index >= 15 is 0 Å². The summed E-state index contributed by atoms with van der Waals surface area (Å²) in [5.41, 5.74) is 0.773. The summed E-state index contributed by atoms with van der Waals surface area (Å²) in [5, 5.41) is 11.0. The van der Waals surface area contributed by atoms with Crippen LogP contribution in [0.5, 0.6) is 5.75 Å². The molecule has 3 aliphatic rings. The van der Waals surface area contributed by atoms with Gasteiger partial charge in [0, 0.05) is 17.3 Å². The van der Waals surface area contributed by atoms with E-state index in [0.29, 0.717) is 11.3 Å². The van der Waals surface area contributed by atoms with Crippen LogP contribution in [-0.4, -0.2) is 39.8 Å². The smallest absolute Gasteiger partial charge is 0.506 e. The van der Waals surface area contributed by atoms with E-state index < -0.39 is 47.6 Å². The van der Waals surface area contributed by atoms with Gasteiger partial charge in [-0.1, -0.05) is 30.3 Å². The Hall–Kier alpha value is -4.80. The number of Topliss-reactive ketones (excluding diaryl/α,β-unsaturated/α-hetero) is 1. The van der Waals surface area contributed by atoms with E-state index in [1.165, 1.54) is 6.20 Å². The number of carbonyl (C=O) groups is 3. The van der Waals surface area contributed by atoms with E-state index in [1.807, 2.05) is 0 Å². The number of nitrogens with zero attached hydrogens (tertiary/aromatic N) is 3. The van der Waals surface area contributed by atoms with Gasteiger partial charge >= 0.3 is 6.36 Å². The normalized spacial score (nSPS) is 22.6. The number of rotatable bonds is 4. The van der Waals surface area contributed by atoms with Crippen molar-refractivity contribution in [2.24, 2.45) is 16.8 Å². The van der Waals surface area contributed by atoms with Gasteiger partial charge in [0.2, 0.25) is 11.8 Å². The standard InChI is InChI=1S/C27H16F3N3O5/c28-27(29,30)38-14-10-8-13(9-11-14)33-25(36)18-19(26(33)37)22(32-21(18)17-7-3-4-12-31-17)20-23(34)15-5-1-2-6-16(15)24(20)35/h1-12,18-19,21,34H/t18-,19+,21-/m1/s1. The van der Waals surface area contributed by atoms with E-state index in [9.17, 15) is 32.7 Å². The highest BCUT2D eigenvalue weighted by Gasteiger charge is 2.59. The van der Waals surface area contributed by atoms with Gasteiger partial charge in [-0.15, -0.1) is 13.2 Å². The molecule has 0 spiro atoms. The monoisotopic (exact) mass is 519 g/mol. The van der Waals surface area contributed by atoms with Crippen molar-refractivity contribution in [1.29, 1.82) is 0 Å². The molecule has 190 valence electrons. The molecule has 3 heterocycles. The van der Waals surface area contributed by atoms with Crippen molar-refractivity contribution >= 4 is 34.8 Å². The molecule has 0 unspecified atom stereocenters. The molecule has 2 aliphatic heterocycles. The molecule has 1 N–H and O–H groups in total. The summed E-state index contributed by atoms with van der Waals surface area (Å²) in [5.74, 6) is -5.03. The number of amides is 2. The summed E-state index contributed by atoms with van der Waals surface area (Å²) in [6.07, 6.45) is -3.40. The van der Waals surface area contributed by atoms with Crippen molar-refractivity contribution in [2.45, 2.75) is 12.4 Å². The molecular formula is C27H16F3N3O5. The average molecular weight is 519 g/mol. The van der Waals surface area contributed by atoms with Gasteiger partial charge in [-0.25, -0.2) is 4.90 Å². The zero-order valence-electron chi connectivity index (χ0n) is 19.2. The molecule has 1 aromatic heterocycles. The van der Waals surface area contributed by atoms with E-state index in [0.717, 1.165) is 29.2 Å². The number of aliphatic imine (C=N–C) groups is 1. The Balaban J connectivity index is 1.43. The number of anilines is 1. The van der Waals surface area contributed by atoms with Gasteiger partial charge in [-0.05, 0) is 36.4 Å². The molecule has 0 saturated carbocycles. The van der Waals surface area contributed by atoms with Crippen molar-refractivity contribution in [2.75, 3.05) is 4.90 Å². The largest absolute Gasteiger partial charge is 0.573 e. The first-order valence-electron chi connectivity index (χ1n) is 11.5. The predicted molar refractivity (Wildman–Crippen MR) is 127 cm³/mol. The molecule has 11 heteroatoms. The van der Waals surface area contributed by atoms with E-state index in [1.54, 1.807) is 42.5 Å². The number of pyridine rings is 1. The Morgan fingerprint density at radius 3 is 2.18 bits per heavy atom. The number of aromatic nitrogens is 1. The number of alkyl halides is 3. The molecule has 1 fully saturated rings. The molecular weight excluding hydrogens is 503 g/mol. The van der Waals surface area contributed by atoms with Gasteiger partial charge in [0.05, 0.1) is 34.5 Å². The number of hydrogen-bond donors (Lipinski definition) is 1. The molecule has 0 radical (unpaired) electrons. The molecule has 8 nitrogen and oxygen atoms in total. The van der Waals surface area contributed by atoms with E-state index in [-0.39, 0.29) is 28.3 Å². The maximum absolute atomic E-state index is 13.7. The minimum Gasteiger partial charge on any atom is -0.506 e. The SMILES string of the molecule is O=C1C(C2=N[C@H](c3ccccn3)[C@@H]3C(=O)N(c4ccc(OC(F)(F)F)cc4)C(=O)[C@H]23)=C(O)c2ccccc21. The van der Waals surface area contributed by atoms with Gasteiger partial charge in [0.25, 0.3) is 0 Å². The Kier molecular flexibility index (Phi) is 5.20. The fourth-order valence-corrected chi connectivity index (χ4v) is 5.18. The maximum atomic E-state index is 13.7. The summed E-state index contributed by atoms with van der Waals surface area (Å²) in [6, 6.07) is 14.8. The van der Waals surface area contributed by atoms with Gasteiger partial charge in [-0.3, -0.25) is 24.4 Å². The average Bonchev–Trinajstić information content (AvgIpc) is 3.49. The highest BCUT2D eigenvalue weighted by atomic mass is 19.4. The lowest BCUT2D eigenvalue weighted by atomic mass is 9.84. The van der Waals surface area contributed by atoms with Crippen molar-refractivity contribution in [3.05, 3.63) is 95.3 Å². The van der Waals surface area contributed by atoms with Crippen LogP contribution < -0.4 is 9.64 Å². The number of fused-ring (bicyclic) bond motifs is 2. The lowest BCUT2D eigenvalue weighted by Gasteiger charge is -2.18. The lowest BCUT2D eigenvalue weighted by molar-refractivity contribution is -0.274. The highest BCUT2D eigenvalue weighted by molar-refractivity contribution is 6.42. The molecule has 2 aromatic carbocycles. The number of aliphatic hydroxyl groups excluding tert-OH is 1. The third-order valence-electron chi connectivity index (χ3n) is 6.73. The Labute approximate surface area is 212 Å². The number of aliphatic hydroxyl groups is 1. The van der Waals surface area contributed by atoms with Crippen LogP contribution >= 0.6 is 0 Å². The molecule has 2 amide bonds. The lowest BCUT2D eigenvalue weighted by Crippen LogP contribution is -2.33. The van der Waals surface area contributed by atoms with Crippen molar-refractivity contribution < 1.29 is 37.4 Å². The van der Waals surface area contributed by atoms with Crippen LogP contribution in [0.25, 0.3) is 5.76 Å². The number of benzene rings is 2. The molecule has 3 atom stereocenters. The second-order valence-electron chi connectivity index (χ2n) is 8.87. The summed E-state index contributed by atoms with van der Waals surface area (Å²) < 4.78 is 41.6. The Morgan fingerprint density at radius 1 is 0.868 bits per heavy atom. The van der Waals surface area contributed by atoms with Crippen LogP contribution in [-0.2, 0) is 9.59 Å². The molecule has 1 saturated heterocycles. The second-order valence-corrected chi connectivity index (χ2v) is 8.87. The van der Waals surface area contributed by atoms with E-state index in [4.69, 9.17) is 0 Å². The van der Waals surface area contributed by atoms with Gasteiger partial charge in [0.1, 0.15) is 17.6 Å². The summed E-state index contributed by atoms with van der Waals surface area (Å²) >= 11 is 0. The molecule has 1 aliphatic carbocycles. The van der Waals surface area contributed by atoms with Gasteiger partial charge in [0.15, 0.2) is 5.78 Å². The minimum atomic E-state index is -4.90.